The number of rotatable bonds is 4. The largest absolute Gasteiger partial charge is 0.324 e. The second-order valence-electron chi connectivity index (χ2n) is 8.50. The number of nitrogens with one attached hydrogen (secondary N) is 1. The number of aromatic nitrogens is 2. The molecule has 1 N–H and O–H groups in total. The van der Waals surface area contributed by atoms with Gasteiger partial charge in [0, 0.05) is 25.6 Å². The second-order valence-corrected chi connectivity index (χ2v) is 10.4. The Hall–Kier alpha value is -2.72. The van der Waals surface area contributed by atoms with Gasteiger partial charge in [0.15, 0.2) is 0 Å². The van der Waals surface area contributed by atoms with Crippen LogP contribution in [0.25, 0.3) is 0 Å². The molecule has 1 fully saturated rings. The summed E-state index contributed by atoms with van der Waals surface area (Å²) in [6, 6.07) is 6.83. The third-order valence-corrected chi connectivity index (χ3v) is 8.29. The molecule has 9 nitrogen and oxygen atoms in total. The fourth-order valence-electron chi connectivity index (χ4n) is 4.61. The Morgan fingerprint density at radius 2 is 1.84 bits per heavy atom. The summed E-state index contributed by atoms with van der Waals surface area (Å²) in [5.74, 6) is -0.407. The van der Waals surface area contributed by atoms with Crippen LogP contribution in [0.3, 0.4) is 0 Å². The van der Waals surface area contributed by atoms with Crippen molar-refractivity contribution in [3.8, 4) is 0 Å². The van der Waals surface area contributed by atoms with Crippen LogP contribution in [0.2, 0.25) is 0 Å². The molecule has 2 aromatic rings. The minimum atomic E-state index is -3.67. The van der Waals surface area contributed by atoms with E-state index in [9.17, 15) is 18.0 Å². The third kappa shape index (κ3) is 4.04. The number of fused-ring (bicyclic) bond motifs is 1. The summed E-state index contributed by atoms with van der Waals surface area (Å²) in [4.78, 5) is 27.4. The number of para-hydroxylation sites is 2. The summed E-state index contributed by atoms with van der Waals surface area (Å²) in [5, 5.41) is 7.25. The van der Waals surface area contributed by atoms with Gasteiger partial charge in [0.05, 0.1) is 22.8 Å². The molecule has 32 heavy (non-hydrogen) atoms. The van der Waals surface area contributed by atoms with Gasteiger partial charge in [0.1, 0.15) is 11.4 Å². The highest BCUT2D eigenvalue weighted by molar-refractivity contribution is 7.89. The van der Waals surface area contributed by atoms with Gasteiger partial charge < -0.3 is 10.2 Å². The number of hydrogen-bond acceptors (Lipinski definition) is 5. The van der Waals surface area contributed by atoms with Gasteiger partial charge in [-0.25, -0.2) is 8.42 Å². The topological polar surface area (TPSA) is 105 Å². The van der Waals surface area contributed by atoms with Crippen LogP contribution in [0.15, 0.2) is 29.2 Å². The molecule has 2 amide bonds. The van der Waals surface area contributed by atoms with E-state index in [4.69, 9.17) is 0 Å². The van der Waals surface area contributed by atoms with E-state index in [-0.39, 0.29) is 35.7 Å². The molecular formula is C22H29N5O4S. The summed E-state index contributed by atoms with van der Waals surface area (Å²) < 4.78 is 29.5. The van der Waals surface area contributed by atoms with Gasteiger partial charge in [-0.15, -0.1) is 0 Å². The molecule has 1 saturated heterocycles. The van der Waals surface area contributed by atoms with Crippen molar-refractivity contribution in [2.75, 3.05) is 23.3 Å². The van der Waals surface area contributed by atoms with Crippen molar-refractivity contribution < 1.29 is 18.0 Å². The molecule has 1 atom stereocenters. The maximum atomic E-state index is 13.4. The van der Waals surface area contributed by atoms with Crippen LogP contribution in [0, 0.1) is 13.8 Å². The molecule has 1 aromatic heterocycles. The highest BCUT2D eigenvalue weighted by atomic mass is 32.2. The minimum Gasteiger partial charge on any atom is -0.324 e. The number of nitrogens with zero attached hydrogens (tertiary/aromatic N) is 4. The van der Waals surface area contributed by atoms with E-state index in [1.807, 2.05) is 13.0 Å². The van der Waals surface area contributed by atoms with Gasteiger partial charge >= 0.3 is 0 Å². The van der Waals surface area contributed by atoms with Crippen molar-refractivity contribution in [2.45, 2.75) is 63.9 Å². The fraction of sp³-hybridized carbons (Fsp3) is 0.500. The zero-order valence-corrected chi connectivity index (χ0v) is 19.5. The molecule has 0 bridgehead atoms. The highest BCUT2D eigenvalue weighted by Gasteiger charge is 2.34. The van der Waals surface area contributed by atoms with Crippen molar-refractivity contribution in [2.24, 2.45) is 0 Å². The summed E-state index contributed by atoms with van der Waals surface area (Å²) in [7, 11) is -3.67. The third-order valence-electron chi connectivity index (χ3n) is 6.14. The zero-order valence-electron chi connectivity index (χ0n) is 18.7. The maximum absolute atomic E-state index is 13.4. The van der Waals surface area contributed by atoms with Crippen LogP contribution in [0.5, 0.6) is 0 Å². The van der Waals surface area contributed by atoms with E-state index in [1.165, 1.54) is 8.99 Å². The van der Waals surface area contributed by atoms with E-state index in [0.717, 1.165) is 19.3 Å². The van der Waals surface area contributed by atoms with Crippen LogP contribution in [0.4, 0.5) is 11.4 Å². The first-order valence-electron chi connectivity index (χ1n) is 10.9. The number of carbonyl (C=O) groups excluding carboxylic acids is 2. The number of benzene rings is 1. The van der Waals surface area contributed by atoms with E-state index in [1.54, 1.807) is 36.9 Å². The number of sulfonamides is 1. The van der Waals surface area contributed by atoms with Crippen molar-refractivity contribution >= 4 is 33.2 Å². The van der Waals surface area contributed by atoms with Crippen LogP contribution < -0.4 is 10.2 Å². The molecule has 3 heterocycles. The van der Waals surface area contributed by atoms with Crippen LogP contribution in [0.1, 0.15) is 44.0 Å². The first-order chi connectivity index (χ1) is 15.2. The molecule has 1 aromatic carbocycles. The maximum Gasteiger partial charge on any atom is 0.249 e. The van der Waals surface area contributed by atoms with E-state index in [2.05, 4.69) is 10.4 Å². The molecule has 172 valence electrons. The Balaban J connectivity index is 1.65. The predicted octanol–water partition coefficient (Wildman–Crippen LogP) is 2.44. The minimum absolute atomic E-state index is 0.116. The Morgan fingerprint density at radius 3 is 2.56 bits per heavy atom. The Morgan fingerprint density at radius 1 is 1.16 bits per heavy atom. The molecule has 0 aliphatic carbocycles. The zero-order chi connectivity index (χ0) is 23.0. The molecule has 2 aliphatic rings. The standard InChI is InChI=1S/C22H29N5O4S/c1-15-13-20(28)23-18-9-5-6-10-19(18)27(15)21(29)14-26-17(3)22(16(2)24-26)32(30,31)25-11-7-4-8-12-25/h5-6,9-10,15H,4,7-8,11-14H2,1-3H3,(H,23,28)/t15-/m0/s1. The Labute approximate surface area is 188 Å². The average molecular weight is 460 g/mol. The van der Waals surface area contributed by atoms with Crippen molar-refractivity contribution in [3.05, 3.63) is 35.7 Å². The lowest BCUT2D eigenvalue weighted by Gasteiger charge is -2.28. The first kappa shape index (κ1) is 22.5. The monoisotopic (exact) mass is 459 g/mol. The number of piperidine rings is 1. The van der Waals surface area contributed by atoms with Gasteiger partial charge in [0.2, 0.25) is 21.8 Å². The van der Waals surface area contributed by atoms with Crippen molar-refractivity contribution in [1.82, 2.24) is 14.1 Å². The number of hydrogen-bond donors (Lipinski definition) is 1. The van der Waals surface area contributed by atoms with Gasteiger partial charge in [-0.1, -0.05) is 18.6 Å². The molecule has 0 spiro atoms. The number of amides is 2. The summed E-state index contributed by atoms with van der Waals surface area (Å²) in [6.07, 6.45) is 2.91. The van der Waals surface area contributed by atoms with Crippen LogP contribution in [-0.2, 0) is 26.2 Å². The lowest BCUT2D eigenvalue weighted by atomic mass is 10.1. The van der Waals surface area contributed by atoms with Gasteiger partial charge in [-0.2, -0.15) is 9.40 Å². The Kier molecular flexibility index (Phi) is 6.09. The van der Waals surface area contributed by atoms with Crippen LogP contribution in [-0.4, -0.2) is 53.4 Å². The SMILES string of the molecule is Cc1nn(CC(=O)N2c3ccccc3NC(=O)C[C@@H]2C)c(C)c1S(=O)(=O)N1CCCCC1. The van der Waals surface area contributed by atoms with Crippen LogP contribution >= 0.6 is 0 Å². The Bertz CT molecular complexity index is 1150. The second kappa shape index (κ2) is 8.67. The normalized spacial score (nSPS) is 19.9. The highest BCUT2D eigenvalue weighted by Crippen LogP contribution is 2.32. The number of anilines is 2. The van der Waals surface area contributed by atoms with E-state index in [0.29, 0.717) is 35.9 Å². The van der Waals surface area contributed by atoms with Gasteiger partial charge in [-0.05, 0) is 45.7 Å². The molecule has 0 unspecified atom stereocenters. The predicted molar refractivity (Wildman–Crippen MR) is 121 cm³/mol. The lowest BCUT2D eigenvalue weighted by Crippen LogP contribution is -2.41. The summed E-state index contributed by atoms with van der Waals surface area (Å²) in [6.45, 7) is 6.08. The van der Waals surface area contributed by atoms with Crippen molar-refractivity contribution in [3.63, 3.8) is 0 Å². The van der Waals surface area contributed by atoms with Crippen molar-refractivity contribution in [1.29, 1.82) is 0 Å². The number of aryl methyl sites for hydroxylation is 1. The molecular weight excluding hydrogens is 430 g/mol. The average Bonchev–Trinajstić information content (AvgIpc) is 2.95. The summed E-state index contributed by atoms with van der Waals surface area (Å²) >= 11 is 0. The molecule has 2 aliphatic heterocycles. The smallest absolute Gasteiger partial charge is 0.249 e. The molecule has 0 saturated carbocycles. The van der Waals surface area contributed by atoms with Gasteiger partial charge in [-0.3, -0.25) is 14.3 Å². The summed E-state index contributed by atoms with van der Waals surface area (Å²) in [5.41, 5.74) is 2.05. The first-order valence-corrected chi connectivity index (χ1v) is 12.4. The molecule has 4 rings (SSSR count). The number of carbonyl (C=O) groups is 2. The van der Waals surface area contributed by atoms with E-state index < -0.39 is 10.0 Å². The lowest BCUT2D eigenvalue weighted by molar-refractivity contribution is -0.120. The molecule has 10 heteroatoms. The fourth-order valence-corrected chi connectivity index (χ4v) is 6.50. The quantitative estimate of drug-likeness (QED) is 0.756. The van der Waals surface area contributed by atoms with Gasteiger partial charge in [0.25, 0.3) is 0 Å². The molecule has 0 radical (unpaired) electrons. The van der Waals surface area contributed by atoms with E-state index >= 15 is 0 Å².